The molecule has 0 aromatic heterocycles. The Morgan fingerprint density at radius 3 is 1.49 bits per heavy atom. The summed E-state index contributed by atoms with van der Waals surface area (Å²) in [5.74, 6) is -0.887. The number of benzene rings is 5. The molecule has 0 aliphatic heterocycles. The van der Waals surface area contributed by atoms with Crippen molar-refractivity contribution in [3.8, 4) is 5.75 Å². The van der Waals surface area contributed by atoms with E-state index in [2.05, 4.69) is 30.7 Å². The zero-order valence-electron chi connectivity index (χ0n) is 23.8. The summed E-state index contributed by atoms with van der Waals surface area (Å²) in [7, 11) is -10.1. The first-order chi connectivity index (χ1) is 22.1. The lowest BCUT2D eigenvalue weighted by Crippen LogP contribution is -2.03. The van der Waals surface area contributed by atoms with Gasteiger partial charge in [-0.2, -0.15) is 32.2 Å². The summed E-state index contributed by atoms with van der Waals surface area (Å²) in [5.41, 5.74) is 24.1. The van der Waals surface area contributed by atoms with Crippen molar-refractivity contribution >= 4 is 87.9 Å². The van der Waals surface area contributed by atoms with E-state index in [1.807, 2.05) is 0 Å². The van der Waals surface area contributed by atoms with Crippen molar-refractivity contribution in [1.29, 1.82) is 0 Å². The Hall–Kier alpha value is -6.02. The van der Waals surface area contributed by atoms with Gasteiger partial charge in [0.1, 0.15) is 26.9 Å². The van der Waals surface area contributed by atoms with Crippen LogP contribution in [-0.4, -0.2) is 31.0 Å². The van der Waals surface area contributed by atoms with E-state index in [9.17, 15) is 31.0 Å². The summed E-state index contributed by atoms with van der Waals surface area (Å²) in [6.07, 6.45) is 0. The largest absolute Gasteiger partial charge is 0.505 e. The average Bonchev–Trinajstić information content (AvgIpc) is 2.99. The van der Waals surface area contributed by atoms with Crippen LogP contribution in [0.5, 0.6) is 5.75 Å². The molecule has 5 aromatic carbocycles. The third-order valence-electron chi connectivity index (χ3n) is 6.47. The Bertz CT molecular complexity index is 2350. The Morgan fingerprint density at radius 2 is 0.979 bits per heavy atom. The van der Waals surface area contributed by atoms with Crippen LogP contribution in [0.25, 0.3) is 10.8 Å². The van der Waals surface area contributed by atoms with Crippen molar-refractivity contribution in [2.45, 2.75) is 9.79 Å². The van der Waals surface area contributed by atoms with E-state index in [-0.39, 0.29) is 22.1 Å². The maximum atomic E-state index is 12.3. The Labute approximate surface area is 266 Å². The Morgan fingerprint density at radius 1 is 0.532 bits per heavy atom. The highest BCUT2D eigenvalue weighted by atomic mass is 32.2. The molecule has 5 rings (SSSR count). The van der Waals surface area contributed by atoms with Gasteiger partial charge in [0.15, 0.2) is 5.75 Å². The van der Waals surface area contributed by atoms with E-state index >= 15 is 0 Å². The number of nitrogens with two attached hydrogens (primary N) is 4. The number of nitrogen functional groups attached to an aromatic ring is 4. The molecule has 17 nitrogen and oxygen atoms in total. The minimum absolute atomic E-state index is 0.195. The number of phenolic OH excluding ortho intramolecular Hbond substituents is 1. The van der Waals surface area contributed by atoms with E-state index in [0.29, 0.717) is 28.4 Å². The fourth-order valence-electron chi connectivity index (χ4n) is 4.22. The highest BCUT2D eigenvalue weighted by Gasteiger charge is 2.28. The summed E-state index contributed by atoms with van der Waals surface area (Å²) in [5, 5.41) is 34.3. The fourth-order valence-corrected chi connectivity index (χ4v) is 5.55. The molecule has 0 aliphatic carbocycles. The SMILES string of the molecule is Nc1ccc(N=Nc2c(S(=O)(=O)O)cc3cc(S(=O)(=O)O)c(N=Nc4ccc(N=Nc5ccc(N)cc5N)cc4)c(N)c3c2O)cc1. The predicted octanol–water partition coefficient (Wildman–Crippen LogP) is 6.61. The number of azo groups is 3. The van der Waals surface area contributed by atoms with Crippen molar-refractivity contribution < 1.29 is 31.0 Å². The monoisotopic (exact) mass is 676 g/mol. The van der Waals surface area contributed by atoms with Crippen molar-refractivity contribution in [3.63, 3.8) is 0 Å². The second-order valence-corrected chi connectivity index (χ2v) is 12.6. The van der Waals surface area contributed by atoms with Crippen LogP contribution < -0.4 is 22.9 Å². The summed E-state index contributed by atoms with van der Waals surface area (Å²) in [6.45, 7) is 0. The minimum atomic E-state index is -5.06. The zero-order chi connectivity index (χ0) is 34.1. The minimum Gasteiger partial charge on any atom is -0.505 e. The van der Waals surface area contributed by atoms with Gasteiger partial charge in [0, 0.05) is 11.4 Å². The van der Waals surface area contributed by atoms with Crippen molar-refractivity contribution in [2.75, 3.05) is 22.9 Å². The molecule has 0 amide bonds. The molecular formula is C28H24N10O7S2. The highest BCUT2D eigenvalue weighted by Crippen LogP contribution is 2.48. The highest BCUT2D eigenvalue weighted by molar-refractivity contribution is 7.86. The number of hydrogen-bond acceptors (Lipinski definition) is 15. The molecule has 0 saturated carbocycles. The molecule has 0 fully saturated rings. The fraction of sp³-hybridized carbons (Fsp3) is 0. The van der Waals surface area contributed by atoms with Gasteiger partial charge in [0.2, 0.25) is 0 Å². The van der Waals surface area contributed by atoms with E-state index < -0.39 is 52.8 Å². The van der Waals surface area contributed by atoms with Gasteiger partial charge in [0.25, 0.3) is 20.2 Å². The number of fused-ring (bicyclic) bond motifs is 1. The molecule has 240 valence electrons. The summed E-state index contributed by atoms with van der Waals surface area (Å²) in [4.78, 5) is -1.79. The first-order valence-electron chi connectivity index (χ1n) is 13.0. The van der Waals surface area contributed by atoms with Gasteiger partial charge >= 0.3 is 0 Å². The Balaban J connectivity index is 1.58. The van der Waals surface area contributed by atoms with Crippen molar-refractivity contribution in [2.24, 2.45) is 30.7 Å². The lowest BCUT2D eigenvalue weighted by molar-refractivity contribution is 0.472. The summed E-state index contributed by atoms with van der Waals surface area (Å²) < 4.78 is 69.0. The van der Waals surface area contributed by atoms with Crippen molar-refractivity contribution in [1.82, 2.24) is 0 Å². The first kappa shape index (κ1) is 32.4. The van der Waals surface area contributed by atoms with Crippen molar-refractivity contribution in [3.05, 3.63) is 78.9 Å². The predicted molar refractivity (Wildman–Crippen MR) is 175 cm³/mol. The Kier molecular flexibility index (Phi) is 8.54. The van der Waals surface area contributed by atoms with Crippen LogP contribution >= 0.6 is 0 Å². The van der Waals surface area contributed by atoms with Crippen LogP contribution in [0.4, 0.5) is 56.9 Å². The van der Waals surface area contributed by atoms with Gasteiger partial charge in [-0.05, 0) is 84.2 Å². The molecule has 0 atom stereocenters. The lowest BCUT2D eigenvalue weighted by Gasteiger charge is -2.14. The van der Waals surface area contributed by atoms with Crippen LogP contribution in [0.2, 0.25) is 0 Å². The van der Waals surface area contributed by atoms with E-state index in [1.54, 1.807) is 12.1 Å². The summed E-state index contributed by atoms with van der Waals surface area (Å²) >= 11 is 0. The first-order valence-corrected chi connectivity index (χ1v) is 15.9. The van der Waals surface area contributed by atoms with Gasteiger partial charge in [-0.15, -0.1) is 15.3 Å². The topological polar surface area (TPSA) is 307 Å². The maximum Gasteiger partial charge on any atom is 0.296 e. The molecule has 0 bridgehead atoms. The second kappa shape index (κ2) is 12.4. The zero-order valence-corrected chi connectivity index (χ0v) is 25.4. The van der Waals surface area contributed by atoms with E-state index in [1.165, 1.54) is 54.6 Å². The standard InChI is InChI=1S/C28H24N10O7S2/c29-15-1-4-17(5-2-15)35-38-27-23(47(43,44)45)12-14-11-22(46(40,41)42)26(25(32)24(14)28(27)39)37-34-19-8-6-18(7-9-19)33-36-21-10-3-16(30)13-20(21)31/h1-13,39H,29-32H2,(H,40,41,42)(H,43,44,45). The second-order valence-electron chi connectivity index (χ2n) is 9.78. The van der Waals surface area contributed by atoms with Crippen LogP contribution in [-0.2, 0) is 20.2 Å². The van der Waals surface area contributed by atoms with Gasteiger partial charge in [-0.1, -0.05) is 0 Å². The van der Waals surface area contributed by atoms with Gasteiger partial charge < -0.3 is 28.0 Å². The van der Waals surface area contributed by atoms with Crippen LogP contribution in [0.1, 0.15) is 0 Å². The molecule has 5 aromatic rings. The number of nitrogens with zero attached hydrogens (tertiary/aromatic N) is 6. The number of phenols is 1. The van der Waals surface area contributed by atoms with Gasteiger partial charge in [-0.3, -0.25) is 9.11 Å². The normalized spacial score (nSPS) is 12.6. The van der Waals surface area contributed by atoms with Crippen LogP contribution in [0, 0.1) is 0 Å². The quantitative estimate of drug-likeness (QED) is 0.0520. The van der Waals surface area contributed by atoms with E-state index in [0.717, 1.165) is 12.1 Å². The van der Waals surface area contributed by atoms with Gasteiger partial charge in [0.05, 0.1) is 33.8 Å². The van der Waals surface area contributed by atoms with Gasteiger partial charge in [-0.25, -0.2) is 0 Å². The molecule has 0 saturated heterocycles. The maximum absolute atomic E-state index is 12.3. The lowest BCUT2D eigenvalue weighted by atomic mass is 10.1. The molecule has 47 heavy (non-hydrogen) atoms. The third kappa shape index (κ3) is 7.12. The number of hydrogen-bond donors (Lipinski definition) is 7. The molecular weight excluding hydrogens is 653 g/mol. The molecule has 19 heteroatoms. The molecule has 0 spiro atoms. The van der Waals surface area contributed by atoms with Crippen LogP contribution in [0.15, 0.2) is 119 Å². The smallest absolute Gasteiger partial charge is 0.296 e. The number of aromatic hydroxyl groups is 1. The van der Waals surface area contributed by atoms with Crippen LogP contribution in [0.3, 0.4) is 0 Å². The molecule has 0 radical (unpaired) electrons. The number of anilines is 4. The number of rotatable bonds is 8. The van der Waals surface area contributed by atoms with E-state index in [4.69, 9.17) is 22.9 Å². The average molecular weight is 677 g/mol. The third-order valence-corrected chi connectivity index (χ3v) is 8.20. The summed E-state index contributed by atoms with van der Waals surface area (Å²) in [6, 6.07) is 18.3. The molecule has 11 N–H and O–H groups in total. The molecule has 0 unspecified atom stereocenters. The molecule has 0 heterocycles. The molecule has 0 aliphatic rings.